The van der Waals surface area contributed by atoms with Gasteiger partial charge < -0.3 is 10.1 Å². The van der Waals surface area contributed by atoms with E-state index in [0.29, 0.717) is 5.56 Å². The van der Waals surface area contributed by atoms with E-state index in [1.54, 1.807) is 12.3 Å². The first kappa shape index (κ1) is 21.6. The fourth-order valence-corrected chi connectivity index (χ4v) is 3.35. The van der Waals surface area contributed by atoms with Gasteiger partial charge in [0.15, 0.2) is 0 Å². The number of ether oxygens (including phenoxy) is 1. The third-order valence-corrected chi connectivity index (χ3v) is 9.82. The fraction of sp³-hybridized carbons (Fsp3) is 0.409. The number of para-hydroxylation sites is 1. The summed E-state index contributed by atoms with van der Waals surface area (Å²) in [5, 5.41) is 3.63. The highest BCUT2D eigenvalue weighted by atomic mass is 28.3. The van der Waals surface area contributed by atoms with Gasteiger partial charge in [0.05, 0.1) is 18.2 Å². The lowest BCUT2D eigenvalue weighted by Crippen LogP contribution is -2.41. The molecule has 0 spiro atoms. The Morgan fingerprint density at radius 3 is 2.54 bits per heavy atom. The molecule has 1 heterocycles. The molecule has 1 atom stereocenters. The van der Waals surface area contributed by atoms with Gasteiger partial charge in [-0.1, -0.05) is 52.1 Å². The van der Waals surface area contributed by atoms with Crippen molar-refractivity contribution in [2.45, 2.75) is 51.4 Å². The van der Waals surface area contributed by atoms with Crippen molar-refractivity contribution in [2.75, 3.05) is 7.11 Å². The summed E-state index contributed by atoms with van der Waals surface area (Å²) in [6.45, 7) is 11.0. The van der Waals surface area contributed by atoms with Crippen molar-refractivity contribution >= 4 is 30.9 Å². The molecule has 148 valence electrons. The number of hydrogen-bond donors (Lipinski definition) is 1. The number of aromatic nitrogens is 1. The molecule has 0 aliphatic rings. The monoisotopic (exact) mass is 396 g/mol. The molecule has 1 aromatic carbocycles. The number of rotatable bonds is 4. The summed E-state index contributed by atoms with van der Waals surface area (Å²) >= 11 is 0. The maximum atomic E-state index is 12.8. The second-order valence-corrected chi connectivity index (χ2v) is 13.3. The van der Waals surface area contributed by atoms with Crippen LogP contribution in [-0.2, 0) is 9.53 Å². The zero-order valence-corrected chi connectivity index (χ0v) is 18.4. The predicted octanol–water partition coefficient (Wildman–Crippen LogP) is 3.95. The molecule has 0 saturated heterocycles. The Bertz CT molecular complexity index is 931. The Morgan fingerprint density at radius 2 is 1.89 bits per heavy atom. The van der Waals surface area contributed by atoms with Gasteiger partial charge in [-0.2, -0.15) is 0 Å². The molecule has 1 aromatic heterocycles. The molecule has 0 unspecified atom stereocenters. The minimum absolute atomic E-state index is 0.125. The number of fused-ring (bicyclic) bond motifs is 1. The molecule has 6 heteroatoms. The van der Waals surface area contributed by atoms with Crippen LogP contribution in [0.5, 0.6) is 0 Å². The summed E-state index contributed by atoms with van der Waals surface area (Å²) < 4.78 is 4.86. The summed E-state index contributed by atoms with van der Waals surface area (Å²) in [6, 6.07) is 8.22. The van der Waals surface area contributed by atoms with Crippen LogP contribution in [0.4, 0.5) is 0 Å². The van der Waals surface area contributed by atoms with Crippen LogP contribution in [0.25, 0.3) is 10.9 Å². The molecule has 0 bridgehead atoms. The number of benzene rings is 1. The van der Waals surface area contributed by atoms with Crippen molar-refractivity contribution in [3.05, 3.63) is 42.1 Å². The maximum absolute atomic E-state index is 12.8. The Hall–Kier alpha value is -2.65. The van der Waals surface area contributed by atoms with Crippen LogP contribution < -0.4 is 5.32 Å². The molecule has 0 aliphatic carbocycles. The van der Waals surface area contributed by atoms with Crippen LogP contribution in [0.2, 0.25) is 18.1 Å². The standard InChI is InChI=1S/C22H28N2O3Si/c1-22(2,3)28(5,6)15-9-12-19(21(26)27-4)24-20(25)17-13-14-23-18-11-8-7-10-16(17)18/h7-8,10-11,13-14,19H,12H2,1-6H3,(H,24,25)/t19-/m0/s1. The highest BCUT2D eigenvalue weighted by Crippen LogP contribution is 2.35. The number of amides is 1. The average molecular weight is 397 g/mol. The smallest absolute Gasteiger partial charge is 0.329 e. The number of methoxy groups -OCH3 is 1. The van der Waals surface area contributed by atoms with Crippen molar-refractivity contribution in [3.8, 4) is 11.5 Å². The lowest BCUT2D eigenvalue weighted by Gasteiger charge is -2.31. The molecule has 5 nitrogen and oxygen atoms in total. The first-order valence-corrected chi connectivity index (χ1v) is 12.3. The lowest BCUT2D eigenvalue weighted by atomic mass is 10.1. The first-order chi connectivity index (χ1) is 13.1. The van der Waals surface area contributed by atoms with Crippen molar-refractivity contribution in [3.63, 3.8) is 0 Å². The van der Waals surface area contributed by atoms with E-state index in [4.69, 9.17) is 4.74 Å². The number of pyridine rings is 1. The van der Waals surface area contributed by atoms with E-state index < -0.39 is 20.1 Å². The number of carbonyl (C=O) groups is 2. The molecule has 0 saturated carbocycles. The molecule has 1 amide bonds. The lowest BCUT2D eigenvalue weighted by molar-refractivity contribution is -0.142. The molecule has 2 aromatic rings. The van der Waals surface area contributed by atoms with E-state index in [1.807, 2.05) is 24.3 Å². The van der Waals surface area contributed by atoms with Crippen LogP contribution >= 0.6 is 0 Å². The Balaban J connectivity index is 2.23. The highest BCUT2D eigenvalue weighted by Gasteiger charge is 2.33. The Labute approximate surface area is 167 Å². The van der Waals surface area contributed by atoms with Crippen molar-refractivity contribution in [1.82, 2.24) is 10.3 Å². The third-order valence-electron chi connectivity index (χ3n) is 5.27. The maximum Gasteiger partial charge on any atom is 0.329 e. The second-order valence-electron chi connectivity index (χ2n) is 8.31. The van der Waals surface area contributed by atoms with E-state index in [1.165, 1.54) is 7.11 Å². The topological polar surface area (TPSA) is 68.3 Å². The summed E-state index contributed by atoms with van der Waals surface area (Å²) in [5.74, 6) is 2.28. The highest BCUT2D eigenvalue weighted by molar-refractivity contribution is 6.87. The zero-order valence-electron chi connectivity index (χ0n) is 17.4. The number of carbonyl (C=O) groups excluding carboxylic acids is 2. The average Bonchev–Trinajstić information content (AvgIpc) is 2.65. The Kier molecular flexibility index (Phi) is 6.63. The van der Waals surface area contributed by atoms with E-state index in [-0.39, 0.29) is 17.4 Å². The van der Waals surface area contributed by atoms with Crippen LogP contribution in [0.15, 0.2) is 36.5 Å². The van der Waals surface area contributed by atoms with Gasteiger partial charge in [0.1, 0.15) is 14.1 Å². The van der Waals surface area contributed by atoms with Gasteiger partial charge in [-0.05, 0) is 17.2 Å². The number of esters is 1. The number of nitrogens with zero attached hydrogens (tertiary/aromatic N) is 1. The summed E-state index contributed by atoms with van der Waals surface area (Å²) in [6.07, 6.45) is 1.80. The zero-order chi connectivity index (χ0) is 20.9. The third kappa shape index (κ3) is 4.99. The molecule has 0 radical (unpaired) electrons. The van der Waals surface area contributed by atoms with Crippen LogP contribution in [-0.4, -0.2) is 38.1 Å². The van der Waals surface area contributed by atoms with Gasteiger partial charge in [-0.25, -0.2) is 4.79 Å². The van der Waals surface area contributed by atoms with E-state index in [9.17, 15) is 9.59 Å². The predicted molar refractivity (Wildman–Crippen MR) is 115 cm³/mol. The summed E-state index contributed by atoms with van der Waals surface area (Å²) in [7, 11) is -0.481. The largest absolute Gasteiger partial charge is 0.467 e. The van der Waals surface area contributed by atoms with E-state index in [0.717, 1.165) is 10.9 Å². The number of hydrogen-bond acceptors (Lipinski definition) is 4. The second kappa shape index (κ2) is 8.57. The van der Waals surface area contributed by atoms with Gasteiger partial charge >= 0.3 is 5.97 Å². The van der Waals surface area contributed by atoms with Gasteiger partial charge in [0.2, 0.25) is 0 Å². The first-order valence-electron chi connectivity index (χ1n) is 9.29. The SMILES string of the molecule is COC(=O)[C@H](CC#C[Si](C)(C)C(C)(C)C)NC(=O)c1ccnc2ccccc12. The van der Waals surface area contributed by atoms with E-state index in [2.05, 4.69) is 55.6 Å². The van der Waals surface area contributed by atoms with Gasteiger partial charge in [0, 0.05) is 18.0 Å². The molecular formula is C22H28N2O3Si. The molecule has 28 heavy (non-hydrogen) atoms. The molecule has 1 N–H and O–H groups in total. The van der Waals surface area contributed by atoms with Crippen LogP contribution in [0.3, 0.4) is 0 Å². The van der Waals surface area contributed by atoms with Gasteiger partial charge in [0.25, 0.3) is 5.91 Å². The summed E-state index contributed by atoms with van der Waals surface area (Å²) in [4.78, 5) is 29.3. The fourth-order valence-electron chi connectivity index (χ4n) is 2.43. The quantitative estimate of drug-likeness (QED) is 0.483. The number of nitrogens with one attached hydrogen (secondary N) is 1. The van der Waals surface area contributed by atoms with Crippen LogP contribution in [0.1, 0.15) is 37.6 Å². The van der Waals surface area contributed by atoms with Crippen molar-refractivity contribution < 1.29 is 14.3 Å². The molecule has 2 rings (SSSR count). The summed E-state index contributed by atoms with van der Waals surface area (Å²) in [5.41, 5.74) is 4.56. The van der Waals surface area contributed by atoms with Gasteiger partial charge in [-0.15, -0.1) is 11.5 Å². The van der Waals surface area contributed by atoms with Crippen molar-refractivity contribution in [2.24, 2.45) is 0 Å². The van der Waals surface area contributed by atoms with E-state index >= 15 is 0 Å². The van der Waals surface area contributed by atoms with Crippen LogP contribution in [0, 0.1) is 11.5 Å². The molecule has 0 fully saturated rings. The Morgan fingerprint density at radius 1 is 1.21 bits per heavy atom. The molecular weight excluding hydrogens is 368 g/mol. The molecule has 0 aliphatic heterocycles. The minimum atomic E-state index is -1.79. The minimum Gasteiger partial charge on any atom is -0.467 e. The normalized spacial score (nSPS) is 12.6. The van der Waals surface area contributed by atoms with Gasteiger partial charge in [-0.3, -0.25) is 9.78 Å². The van der Waals surface area contributed by atoms with Crippen molar-refractivity contribution in [1.29, 1.82) is 0 Å².